The molecule has 0 atom stereocenters. The normalized spacial score (nSPS) is 20.9. The molecule has 1 aliphatic carbocycles. The van der Waals surface area contributed by atoms with E-state index in [0.717, 1.165) is 29.4 Å². The zero-order valence-corrected chi connectivity index (χ0v) is 16.4. The Balaban J connectivity index is 1.41. The van der Waals surface area contributed by atoms with Gasteiger partial charge in [0.05, 0.1) is 28.0 Å². The largest absolute Gasteiger partial charge is 0.416 e. The first-order chi connectivity index (χ1) is 14.4. The van der Waals surface area contributed by atoms with Crippen LogP contribution in [0.15, 0.2) is 53.8 Å². The van der Waals surface area contributed by atoms with Gasteiger partial charge in [-0.3, -0.25) is 9.97 Å². The van der Waals surface area contributed by atoms with E-state index in [2.05, 4.69) is 25.9 Å². The molecule has 1 saturated heterocycles. The van der Waals surface area contributed by atoms with Crippen molar-refractivity contribution in [2.45, 2.75) is 31.1 Å². The highest BCUT2D eigenvalue weighted by molar-refractivity contribution is 5.74. The Hall–Kier alpha value is -2.81. The Morgan fingerprint density at radius 2 is 1.93 bits per heavy atom. The van der Waals surface area contributed by atoms with Crippen molar-refractivity contribution in [2.75, 3.05) is 26.2 Å². The maximum Gasteiger partial charge on any atom is 0.416 e. The van der Waals surface area contributed by atoms with Crippen molar-refractivity contribution >= 4 is 11.0 Å². The Labute approximate surface area is 172 Å². The quantitative estimate of drug-likeness (QED) is 0.712. The first-order valence-corrected chi connectivity index (χ1v) is 10.1. The summed E-state index contributed by atoms with van der Waals surface area (Å²) in [6.45, 7) is 2.03. The van der Waals surface area contributed by atoms with Gasteiger partial charge in [0.25, 0.3) is 0 Å². The molecule has 1 saturated carbocycles. The van der Waals surface area contributed by atoms with Gasteiger partial charge in [-0.15, -0.1) is 0 Å². The van der Waals surface area contributed by atoms with Crippen molar-refractivity contribution in [1.82, 2.24) is 30.8 Å². The molecule has 3 N–H and O–H groups in total. The SMILES string of the molecule is FC(F)(F)C1=C(N2CCNC3(CC3)C2)C(NCc2ccc3nccnc3c2)=CNC1. The number of hydrogen-bond donors (Lipinski definition) is 3. The third kappa shape index (κ3) is 3.69. The minimum atomic E-state index is -4.39. The predicted octanol–water partition coefficient (Wildman–Crippen LogP) is 2.42. The standard InChI is InChI=1S/C21H23F3N6/c22-21(23,24)15-11-25-12-18(19(15)30-8-7-29-20(13-30)3-4-20)28-10-14-1-2-16-17(9-14)27-6-5-26-16/h1-2,5-6,9,12,25,28-29H,3-4,7-8,10-11,13H2. The van der Waals surface area contributed by atoms with Crippen molar-refractivity contribution < 1.29 is 13.2 Å². The summed E-state index contributed by atoms with van der Waals surface area (Å²) in [5.74, 6) is 0. The molecule has 0 radical (unpaired) electrons. The van der Waals surface area contributed by atoms with Crippen LogP contribution in [0, 0.1) is 0 Å². The van der Waals surface area contributed by atoms with E-state index in [4.69, 9.17) is 0 Å². The summed E-state index contributed by atoms with van der Waals surface area (Å²) in [6.07, 6.45) is 2.56. The predicted molar refractivity (Wildman–Crippen MR) is 107 cm³/mol. The molecule has 30 heavy (non-hydrogen) atoms. The molecule has 1 aromatic carbocycles. The average Bonchev–Trinajstić information content (AvgIpc) is 3.49. The van der Waals surface area contributed by atoms with Crippen LogP contribution in [0.1, 0.15) is 18.4 Å². The highest BCUT2D eigenvalue weighted by Gasteiger charge is 2.48. The number of nitrogens with zero attached hydrogens (tertiary/aromatic N) is 3. The third-order valence-electron chi connectivity index (χ3n) is 5.97. The fourth-order valence-corrected chi connectivity index (χ4v) is 4.25. The Kier molecular flexibility index (Phi) is 4.57. The van der Waals surface area contributed by atoms with Crippen LogP contribution < -0.4 is 16.0 Å². The van der Waals surface area contributed by atoms with E-state index in [-0.39, 0.29) is 17.8 Å². The second kappa shape index (κ2) is 7.16. The van der Waals surface area contributed by atoms with Gasteiger partial charge in [-0.1, -0.05) is 6.07 Å². The molecule has 3 aliphatic rings. The number of alkyl halides is 3. The third-order valence-corrected chi connectivity index (χ3v) is 5.97. The number of nitrogens with one attached hydrogen (secondary N) is 3. The molecule has 0 bridgehead atoms. The van der Waals surface area contributed by atoms with E-state index >= 15 is 0 Å². The smallest absolute Gasteiger partial charge is 0.385 e. The second-order valence-electron chi connectivity index (χ2n) is 8.13. The second-order valence-corrected chi connectivity index (χ2v) is 8.13. The van der Waals surface area contributed by atoms with Crippen LogP contribution in [0.4, 0.5) is 13.2 Å². The summed E-state index contributed by atoms with van der Waals surface area (Å²) in [7, 11) is 0. The molecular weight excluding hydrogens is 393 g/mol. The summed E-state index contributed by atoms with van der Waals surface area (Å²) < 4.78 is 41.6. The van der Waals surface area contributed by atoms with E-state index in [9.17, 15) is 13.2 Å². The lowest BCUT2D eigenvalue weighted by Crippen LogP contribution is -2.53. The zero-order chi connectivity index (χ0) is 20.8. The van der Waals surface area contributed by atoms with Crippen LogP contribution in [-0.2, 0) is 6.54 Å². The Morgan fingerprint density at radius 1 is 1.13 bits per heavy atom. The van der Waals surface area contributed by atoms with Gasteiger partial charge in [-0.25, -0.2) is 0 Å². The van der Waals surface area contributed by atoms with Gasteiger partial charge >= 0.3 is 6.18 Å². The molecule has 6 nitrogen and oxygen atoms in total. The van der Waals surface area contributed by atoms with Crippen LogP contribution in [0.2, 0.25) is 0 Å². The van der Waals surface area contributed by atoms with E-state index in [1.54, 1.807) is 18.6 Å². The number of halogens is 3. The van der Waals surface area contributed by atoms with Crippen LogP contribution in [0.25, 0.3) is 11.0 Å². The fourth-order valence-electron chi connectivity index (χ4n) is 4.25. The Morgan fingerprint density at radius 3 is 2.70 bits per heavy atom. The van der Waals surface area contributed by atoms with Gasteiger partial charge in [0.1, 0.15) is 0 Å². The van der Waals surface area contributed by atoms with Gasteiger partial charge in [-0.05, 0) is 30.5 Å². The van der Waals surface area contributed by atoms with Crippen molar-refractivity contribution in [1.29, 1.82) is 0 Å². The molecule has 0 amide bonds. The van der Waals surface area contributed by atoms with Gasteiger partial charge in [0.15, 0.2) is 0 Å². The highest BCUT2D eigenvalue weighted by atomic mass is 19.4. The fraction of sp³-hybridized carbons (Fsp3) is 0.429. The van der Waals surface area contributed by atoms with E-state index in [0.29, 0.717) is 31.9 Å². The van der Waals surface area contributed by atoms with Gasteiger partial charge in [0.2, 0.25) is 0 Å². The number of dihydropyridines is 1. The monoisotopic (exact) mass is 416 g/mol. The molecule has 2 fully saturated rings. The minimum Gasteiger partial charge on any atom is -0.385 e. The van der Waals surface area contributed by atoms with E-state index < -0.39 is 11.7 Å². The highest BCUT2D eigenvalue weighted by Crippen LogP contribution is 2.41. The molecule has 9 heteroatoms. The number of benzene rings is 1. The lowest BCUT2D eigenvalue weighted by Gasteiger charge is -2.40. The van der Waals surface area contributed by atoms with Crippen LogP contribution in [0.3, 0.4) is 0 Å². The molecule has 1 aromatic heterocycles. The minimum absolute atomic E-state index is 0.0189. The summed E-state index contributed by atoms with van der Waals surface area (Å²) >= 11 is 0. The molecule has 2 aliphatic heterocycles. The molecule has 5 rings (SSSR count). The molecule has 2 aromatic rings. The molecular formula is C21H23F3N6. The summed E-state index contributed by atoms with van der Waals surface area (Å²) in [4.78, 5) is 10.5. The van der Waals surface area contributed by atoms with Crippen molar-refractivity contribution in [3.63, 3.8) is 0 Å². The zero-order valence-electron chi connectivity index (χ0n) is 16.4. The van der Waals surface area contributed by atoms with Crippen molar-refractivity contribution in [2.24, 2.45) is 0 Å². The number of fused-ring (bicyclic) bond motifs is 1. The number of piperazine rings is 1. The molecule has 158 valence electrons. The maximum absolute atomic E-state index is 13.9. The topological polar surface area (TPSA) is 65.1 Å². The van der Waals surface area contributed by atoms with Crippen LogP contribution in [0.5, 0.6) is 0 Å². The first-order valence-electron chi connectivity index (χ1n) is 10.1. The summed E-state index contributed by atoms with van der Waals surface area (Å²) in [5, 5.41) is 9.49. The van der Waals surface area contributed by atoms with Crippen molar-refractivity contribution in [3.8, 4) is 0 Å². The molecule has 0 unspecified atom stereocenters. The van der Waals surface area contributed by atoms with Gasteiger partial charge in [0, 0.05) is 56.9 Å². The average molecular weight is 416 g/mol. The van der Waals surface area contributed by atoms with Gasteiger partial charge in [-0.2, -0.15) is 13.2 Å². The number of rotatable bonds is 4. The van der Waals surface area contributed by atoms with Crippen molar-refractivity contribution in [3.05, 3.63) is 59.3 Å². The van der Waals surface area contributed by atoms with E-state index in [1.165, 1.54) is 0 Å². The lowest BCUT2D eigenvalue weighted by atomic mass is 10.0. The molecule has 1 spiro atoms. The van der Waals surface area contributed by atoms with Crippen LogP contribution in [-0.4, -0.2) is 52.8 Å². The number of aromatic nitrogens is 2. The van der Waals surface area contributed by atoms with Gasteiger partial charge < -0.3 is 20.9 Å². The van der Waals surface area contributed by atoms with Crippen LogP contribution >= 0.6 is 0 Å². The summed E-state index contributed by atoms with van der Waals surface area (Å²) in [5.41, 5.74) is 2.69. The van der Waals surface area contributed by atoms with E-state index in [1.807, 2.05) is 23.1 Å². The Bertz CT molecular complexity index is 1020. The lowest BCUT2D eigenvalue weighted by molar-refractivity contribution is -0.0952. The number of hydrogen-bond acceptors (Lipinski definition) is 6. The first kappa shape index (κ1) is 19.2. The summed E-state index contributed by atoms with van der Waals surface area (Å²) in [6, 6.07) is 5.70. The maximum atomic E-state index is 13.9. The molecule has 3 heterocycles.